The summed E-state index contributed by atoms with van der Waals surface area (Å²) >= 11 is 0. The third kappa shape index (κ3) is 2.96. The third-order valence-corrected chi connectivity index (χ3v) is 2.68. The largest absolute Gasteiger partial charge is 0.504 e. The molecule has 0 aromatic carbocycles. The molecular weight excluding hydrogens is 238 g/mol. The molecule has 0 radical (unpaired) electrons. The topological polar surface area (TPSA) is 58.8 Å². The highest BCUT2D eigenvalue weighted by Crippen LogP contribution is 2.25. The summed E-state index contributed by atoms with van der Waals surface area (Å²) in [4.78, 5) is 8.37. The maximum absolute atomic E-state index is 9.41. The minimum Gasteiger partial charge on any atom is -0.504 e. The maximum Gasteiger partial charge on any atom is 0.115 e. The normalized spacial score (nSPS) is 12.0. The Morgan fingerprint density at radius 1 is 1.32 bits per heavy atom. The van der Waals surface area contributed by atoms with Crippen LogP contribution in [0.4, 0.5) is 0 Å². The van der Waals surface area contributed by atoms with Gasteiger partial charge in [0.1, 0.15) is 5.92 Å². The van der Waals surface area contributed by atoms with Gasteiger partial charge >= 0.3 is 0 Å². The molecule has 0 amide bonds. The molecule has 2 aromatic heterocycles. The molecule has 2 aromatic rings. The average molecular weight is 251 g/mol. The van der Waals surface area contributed by atoms with Crippen molar-refractivity contribution in [3.05, 3.63) is 65.9 Å². The van der Waals surface area contributed by atoms with Crippen LogP contribution in [0, 0.1) is 11.3 Å². The van der Waals surface area contributed by atoms with E-state index >= 15 is 0 Å². The van der Waals surface area contributed by atoms with Gasteiger partial charge in [-0.3, -0.25) is 9.97 Å². The zero-order chi connectivity index (χ0) is 13.5. The molecule has 1 unspecified atom stereocenters. The number of pyridine rings is 2. The predicted octanol–water partition coefficient (Wildman–Crippen LogP) is 2.75. The zero-order valence-corrected chi connectivity index (χ0v) is 10.5. The summed E-state index contributed by atoms with van der Waals surface area (Å²) < 4.78 is 4.92. The summed E-state index contributed by atoms with van der Waals surface area (Å²) in [6, 6.07) is 9.69. The van der Waals surface area contributed by atoms with Crippen molar-refractivity contribution in [3.8, 4) is 6.07 Å². The van der Waals surface area contributed by atoms with E-state index in [1.54, 1.807) is 38.0 Å². The summed E-state index contributed by atoms with van der Waals surface area (Å²) in [5.74, 6) is -0.439. The van der Waals surface area contributed by atoms with E-state index in [1.165, 1.54) is 0 Å². The number of hydrogen-bond acceptors (Lipinski definition) is 4. The first-order chi connectivity index (χ1) is 9.36. The van der Waals surface area contributed by atoms with E-state index in [0.29, 0.717) is 5.69 Å². The Hall–Kier alpha value is -2.67. The number of nitrogens with zero attached hydrogens (tertiary/aromatic N) is 3. The van der Waals surface area contributed by atoms with Crippen LogP contribution >= 0.6 is 0 Å². The molecule has 0 saturated heterocycles. The highest BCUT2D eigenvalue weighted by molar-refractivity contribution is 5.54. The molecule has 2 rings (SSSR count). The van der Waals surface area contributed by atoms with E-state index in [0.717, 1.165) is 11.1 Å². The van der Waals surface area contributed by atoms with Crippen LogP contribution in [0.1, 0.15) is 22.7 Å². The van der Waals surface area contributed by atoms with Gasteiger partial charge < -0.3 is 4.74 Å². The van der Waals surface area contributed by atoms with Gasteiger partial charge in [-0.25, -0.2) is 0 Å². The number of methoxy groups -OCH3 is 1. The number of nitriles is 1. The Balaban J connectivity index is 2.45. The fraction of sp³-hybridized carbons (Fsp3) is 0.133. The molecule has 0 spiro atoms. The number of aromatic nitrogens is 2. The molecule has 19 heavy (non-hydrogen) atoms. The molecule has 2 heterocycles. The molecule has 0 aliphatic heterocycles. The molecule has 0 fully saturated rings. The standard InChI is InChI=1S/C15H13N3O/c1-19-9-6-12-4-3-8-18-15(12)14(10-16)13-5-2-7-17-11-13/h2-9,11,14H,1H3/b9-6+. The lowest BCUT2D eigenvalue weighted by molar-refractivity contribution is 0.341. The van der Waals surface area contributed by atoms with Crippen molar-refractivity contribution in [3.63, 3.8) is 0 Å². The van der Waals surface area contributed by atoms with Crippen LogP contribution in [0.2, 0.25) is 0 Å². The smallest absolute Gasteiger partial charge is 0.115 e. The predicted molar refractivity (Wildman–Crippen MR) is 72.0 cm³/mol. The van der Waals surface area contributed by atoms with E-state index in [-0.39, 0.29) is 0 Å². The molecule has 0 bridgehead atoms. The zero-order valence-electron chi connectivity index (χ0n) is 10.5. The van der Waals surface area contributed by atoms with Gasteiger partial charge in [-0.2, -0.15) is 5.26 Å². The lowest BCUT2D eigenvalue weighted by Crippen LogP contribution is -2.03. The van der Waals surface area contributed by atoms with Crippen LogP contribution in [0.3, 0.4) is 0 Å². The average Bonchev–Trinajstić information content (AvgIpc) is 2.48. The second-order valence-electron chi connectivity index (χ2n) is 3.86. The first kappa shape index (κ1) is 12.8. The molecule has 0 aliphatic rings. The SMILES string of the molecule is CO/C=C/c1cccnc1C(C#N)c1cccnc1. The van der Waals surface area contributed by atoms with Crippen molar-refractivity contribution < 1.29 is 4.74 Å². The Kier molecular flexibility index (Phi) is 4.25. The summed E-state index contributed by atoms with van der Waals surface area (Å²) in [5, 5.41) is 9.41. The van der Waals surface area contributed by atoms with E-state index in [1.807, 2.05) is 24.3 Å². The summed E-state index contributed by atoms with van der Waals surface area (Å²) in [6.07, 6.45) is 8.41. The van der Waals surface area contributed by atoms with Gasteiger partial charge in [0.25, 0.3) is 0 Å². The minimum atomic E-state index is -0.439. The molecule has 0 N–H and O–H groups in total. The van der Waals surface area contributed by atoms with Crippen LogP contribution in [0.5, 0.6) is 0 Å². The highest BCUT2D eigenvalue weighted by atomic mass is 16.5. The summed E-state index contributed by atoms with van der Waals surface area (Å²) in [7, 11) is 1.58. The van der Waals surface area contributed by atoms with Crippen molar-refractivity contribution in [2.45, 2.75) is 5.92 Å². The highest BCUT2D eigenvalue weighted by Gasteiger charge is 2.17. The number of hydrogen-bond donors (Lipinski definition) is 0. The molecule has 94 valence electrons. The lowest BCUT2D eigenvalue weighted by Gasteiger charge is -2.11. The van der Waals surface area contributed by atoms with Crippen LogP contribution in [-0.2, 0) is 4.74 Å². The van der Waals surface area contributed by atoms with Crippen LogP contribution in [-0.4, -0.2) is 17.1 Å². The first-order valence-electron chi connectivity index (χ1n) is 5.80. The molecule has 4 heteroatoms. The van der Waals surface area contributed by atoms with E-state index in [2.05, 4.69) is 16.0 Å². The summed E-state index contributed by atoms with van der Waals surface area (Å²) in [5.41, 5.74) is 2.39. The number of rotatable bonds is 4. The fourth-order valence-corrected chi connectivity index (χ4v) is 1.79. The van der Waals surface area contributed by atoms with Gasteiger partial charge in [-0.05, 0) is 23.8 Å². The van der Waals surface area contributed by atoms with Crippen LogP contribution < -0.4 is 0 Å². The van der Waals surface area contributed by atoms with Crippen molar-refractivity contribution >= 4 is 6.08 Å². The Morgan fingerprint density at radius 2 is 2.16 bits per heavy atom. The van der Waals surface area contributed by atoms with Gasteiger partial charge in [0.2, 0.25) is 0 Å². The van der Waals surface area contributed by atoms with Crippen molar-refractivity contribution in [1.29, 1.82) is 5.26 Å². The van der Waals surface area contributed by atoms with Gasteiger partial charge in [-0.15, -0.1) is 0 Å². The second kappa shape index (κ2) is 6.31. The van der Waals surface area contributed by atoms with E-state index in [9.17, 15) is 5.26 Å². The first-order valence-corrected chi connectivity index (χ1v) is 5.80. The van der Waals surface area contributed by atoms with E-state index in [4.69, 9.17) is 4.74 Å². The molecular formula is C15H13N3O. The van der Waals surface area contributed by atoms with Crippen LogP contribution in [0.25, 0.3) is 6.08 Å². The third-order valence-electron chi connectivity index (χ3n) is 2.68. The van der Waals surface area contributed by atoms with Crippen LogP contribution in [0.15, 0.2) is 49.1 Å². The van der Waals surface area contributed by atoms with Crippen molar-refractivity contribution in [2.24, 2.45) is 0 Å². The van der Waals surface area contributed by atoms with Gasteiger partial charge in [0.15, 0.2) is 0 Å². The van der Waals surface area contributed by atoms with Gasteiger partial charge in [0, 0.05) is 24.2 Å². The molecule has 0 aliphatic carbocycles. The van der Waals surface area contributed by atoms with Gasteiger partial charge in [-0.1, -0.05) is 12.1 Å². The molecule has 1 atom stereocenters. The minimum absolute atomic E-state index is 0.439. The van der Waals surface area contributed by atoms with Crippen molar-refractivity contribution in [1.82, 2.24) is 9.97 Å². The Bertz CT molecular complexity index is 602. The monoisotopic (exact) mass is 251 g/mol. The van der Waals surface area contributed by atoms with Gasteiger partial charge in [0.05, 0.1) is 25.1 Å². The molecule has 4 nitrogen and oxygen atoms in total. The lowest BCUT2D eigenvalue weighted by atomic mass is 9.95. The second-order valence-corrected chi connectivity index (χ2v) is 3.86. The fourth-order valence-electron chi connectivity index (χ4n) is 1.79. The maximum atomic E-state index is 9.41. The van der Waals surface area contributed by atoms with Crippen molar-refractivity contribution in [2.75, 3.05) is 7.11 Å². The summed E-state index contributed by atoms with van der Waals surface area (Å²) in [6.45, 7) is 0. The molecule has 0 saturated carbocycles. The van der Waals surface area contributed by atoms with E-state index < -0.39 is 5.92 Å². The Morgan fingerprint density at radius 3 is 2.84 bits per heavy atom. The number of ether oxygens (including phenoxy) is 1. The Labute approximate surface area is 112 Å². The quantitative estimate of drug-likeness (QED) is 0.784.